The van der Waals surface area contributed by atoms with Crippen LogP contribution >= 0.6 is 11.6 Å². The Labute approximate surface area is 137 Å². The molecule has 2 aromatic rings. The van der Waals surface area contributed by atoms with Gasteiger partial charge in [0.05, 0.1) is 21.1 Å². The predicted molar refractivity (Wildman–Crippen MR) is 89.7 cm³/mol. The maximum Gasteiger partial charge on any atom is 0.235 e. The molecule has 1 aromatic carbocycles. The van der Waals surface area contributed by atoms with Gasteiger partial charge in [0.25, 0.3) is 0 Å². The van der Waals surface area contributed by atoms with E-state index in [1.165, 1.54) is 6.20 Å². The number of carbonyl (C=O) groups is 1. The van der Waals surface area contributed by atoms with Crippen molar-refractivity contribution in [3.63, 3.8) is 0 Å². The van der Waals surface area contributed by atoms with E-state index in [1.54, 1.807) is 30.5 Å². The lowest BCUT2D eigenvalue weighted by molar-refractivity contribution is -0.120. The minimum atomic E-state index is -1.09. The molecule has 1 atom stereocenters. The molecule has 0 spiro atoms. The highest BCUT2D eigenvalue weighted by Crippen LogP contribution is 2.27. The van der Waals surface area contributed by atoms with Gasteiger partial charge >= 0.3 is 0 Å². The van der Waals surface area contributed by atoms with Crippen molar-refractivity contribution in [3.8, 4) is 0 Å². The molecule has 1 aromatic heterocycles. The average molecular weight is 337 g/mol. The fourth-order valence-electron chi connectivity index (χ4n) is 1.91. The zero-order valence-electron chi connectivity index (χ0n) is 12.6. The highest BCUT2D eigenvalue weighted by Gasteiger charge is 2.30. The first-order valence-electron chi connectivity index (χ1n) is 6.67. The molecule has 1 N–H and O–H groups in total. The highest BCUT2D eigenvalue weighted by atomic mass is 35.5. The van der Waals surface area contributed by atoms with Crippen molar-refractivity contribution in [2.24, 2.45) is 0 Å². The summed E-state index contributed by atoms with van der Waals surface area (Å²) < 4.78 is 11.3. The van der Waals surface area contributed by atoms with E-state index in [2.05, 4.69) is 10.3 Å². The molecule has 0 aliphatic heterocycles. The molecule has 0 aliphatic carbocycles. The van der Waals surface area contributed by atoms with E-state index in [0.29, 0.717) is 15.7 Å². The van der Waals surface area contributed by atoms with Crippen LogP contribution in [0.4, 0.5) is 5.82 Å². The van der Waals surface area contributed by atoms with Crippen molar-refractivity contribution in [2.75, 3.05) is 11.6 Å². The molecule has 6 heteroatoms. The molecule has 0 saturated carbocycles. The smallest absolute Gasteiger partial charge is 0.235 e. The van der Waals surface area contributed by atoms with Gasteiger partial charge < -0.3 is 5.32 Å². The summed E-state index contributed by atoms with van der Waals surface area (Å²) in [5.41, 5.74) is 0.0718. The van der Waals surface area contributed by atoms with Crippen LogP contribution in [0.15, 0.2) is 47.5 Å². The summed E-state index contributed by atoms with van der Waals surface area (Å²) in [7, 11) is -1.09. The number of nitrogens with zero attached hydrogens (tertiary/aromatic N) is 1. The maximum atomic E-state index is 12.5. The molecule has 0 bridgehead atoms. The fraction of sp³-hybridized carbons (Fsp3) is 0.250. The van der Waals surface area contributed by atoms with Gasteiger partial charge in [-0.3, -0.25) is 9.00 Å². The third-order valence-electron chi connectivity index (χ3n) is 3.42. The van der Waals surface area contributed by atoms with Crippen molar-refractivity contribution in [1.82, 2.24) is 4.98 Å². The van der Waals surface area contributed by atoms with Crippen LogP contribution in [-0.4, -0.2) is 21.4 Å². The summed E-state index contributed by atoms with van der Waals surface area (Å²) in [6.07, 6.45) is 3.08. The molecular weight excluding hydrogens is 320 g/mol. The predicted octanol–water partition coefficient (Wildman–Crippen LogP) is 3.39. The molecule has 1 unspecified atom stereocenters. The van der Waals surface area contributed by atoms with Gasteiger partial charge in [-0.05, 0) is 43.7 Å². The second-order valence-corrected chi connectivity index (χ2v) is 7.24. The van der Waals surface area contributed by atoms with Gasteiger partial charge in [-0.2, -0.15) is 0 Å². The Bertz CT molecular complexity index is 714. The number of hydrogen-bond donors (Lipinski definition) is 1. The lowest BCUT2D eigenvalue weighted by atomic mass is 9.84. The van der Waals surface area contributed by atoms with E-state index in [1.807, 2.05) is 26.0 Å². The third-order valence-corrected chi connectivity index (χ3v) is 4.56. The van der Waals surface area contributed by atoms with Crippen LogP contribution < -0.4 is 5.32 Å². The molecule has 22 heavy (non-hydrogen) atoms. The Morgan fingerprint density at radius 2 is 2.00 bits per heavy atom. The van der Waals surface area contributed by atoms with Crippen LogP contribution in [0.2, 0.25) is 5.02 Å². The minimum absolute atomic E-state index is 0.187. The summed E-state index contributed by atoms with van der Waals surface area (Å²) in [4.78, 5) is 17.2. The number of aromatic nitrogens is 1. The maximum absolute atomic E-state index is 12.5. The third kappa shape index (κ3) is 3.72. The van der Waals surface area contributed by atoms with E-state index < -0.39 is 16.2 Å². The first-order chi connectivity index (χ1) is 10.3. The number of amides is 1. The van der Waals surface area contributed by atoms with Gasteiger partial charge in [-0.1, -0.05) is 23.7 Å². The van der Waals surface area contributed by atoms with Crippen molar-refractivity contribution in [2.45, 2.75) is 24.2 Å². The zero-order valence-corrected chi connectivity index (χ0v) is 14.2. The Hall–Kier alpha value is -1.72. The molecule has 2 rings (SSSR count). The monoisotopic (exact) mass is 336 g/mol. The zero-order chi connectivity index (χ0) is 16.3. The number of anilines is 1. The normalized spacial score (nSPS) is 12.7. The number of pyridine rings is 1. The van der Waals surface area contributed by atoms with Crippen LogP contribution in [0.5, 0.6) is 0 Å². The number of hydrogen-bond acceptors (Lipinski definition) is 3. The highest BCUT2D eigenvalue weighted by molar-refractivity contribution is 7.84. The van der Waals surface area contributed by atoms with E-state index in [0.717, 1.165) is 5.56 Å². The quantitative estimate of drug-likeness (QED) is 0.931. The lowest BCUT2D eigenvalue weighted by Crippen LogP contribution is -2.35. The fourth-order valence-corrected chi connectivity index (χ4v) is 2.56. The van der Waals surface area contributed by atoms with E-state index >= 15 is 0 Å². The van der Waals surface area contributed by atoms with Crippen molar-refractivity contribution < 1.29 is 9.00 Å². The first kappa shape index (κ1) is 16.6. The second kappa shape index (κ2) is 6.58. The van der Waals surface area contributed by atoms with Crippen LogP contribution in [0.1, 0.15) is 19.4 Å². The Morgan fingerprint density at radius 3 is 2.55 bits per heavy atom. The Balaban J connectivity index is 2.18. The van der Waals surface area contributed by atoms with Crippen molar-refractivity contribution in [1.29, 1.82) is 0 Å². The van der Waals surface area contributed by atoms with E-state index in [4.69, 9.17) is 11.6 Å². The van der Waals surface area contributed by atoms with Gasteiger partial charge in [0.2, 0.25) is 5.91 Å². The first-order valence-corrected chi connectivity index (χ1v) is 8.61. The van der Waals surface area contributed by atoms with Crippen molar-refractivity contribution >= 4 is 34.1 Å². The van der Waals surface area contributed by atoms with Gasteiger partial charge in [-0.15, -0.1) is 0 Å². The van der Waals surface area contributed by atoms with Crippen molar-refractivity contribution in [3.05, 3.63) is 53.2 Å². The van der Waals surface area contributed by atoms with Crippen LogP contribution in [0.3, 0.4) is 0 Å². The topological polar surface area (TPSA) is 59.1 Å². The molecule has 0 radical (unpaired) electrons. The SMILES string of the molecule is CS(=O)c1ccc(NC(=O)C(C)(C)c2cccc(Cl)c2)nc1. The summed E-state index contributed by atoms with van der Waals surface area (Å²) in [6.45, 7) is 3.65. The molecule has 1 heterocycles. The molecular formula is C16H17ClN2O2S. The summed E-state index contributed by atoms with van der Waals surface area (Å²) in [5, 5.41) is 3.36. The second-order valence-electron chi connectivity index (χ2n) is 5.42. The minimum Gasteiger partial charge on any atom is -0.310 e. The van der Waals surface area contributed by atoms with Gasteiger partial charge in [0, 0.05) is 17.5 Å². The number of carbonyl (C=O) groups excluding carboxylic acids is 1. The molecule has 0 aliphatic rings. The summed E-state index contributed by atoms with van der Waals surface area (Å²) >= 11 is 5.99. The number of halogens is 1. The largest absolute Gasteiger partial charge is 0.310 e. The molecule has 116 valence electrons. The van der Waals surface area contributed by atoms with E-state index in [-0.39, 0.29) is 5.91 Å². The van der Waals surface area contributed by atoms with Gasteiger partial charge in [-0.25, -0.2) is 4.98 Å². The number of rotatable bonds is 4. The Kier molecular flexibility index (Phi) is 4.98. The van der Waals surface area contributed by atoms with Gasteiger partial charge in [0.1, 0.15) is 5.82 Å². The Morgan fingerprint density at radius 1 is 1.27 bits per heavy atom. The lowest BCUT2D eigenvalue weighted by Gasteiger charge is -2.24. The van der Waals surface area contributed by atoms with E-state index in [9.17, 15) is 9.00 Å². The summed E-state index contributed by atoms with van der Waals surface area (Å²) in [6, 6.07) is 10.5. The summed E-state index contributed by atoms with van der Waals surface area (Å²) in [5.74, 6) is 0.238. The van der Waals surface area contributed by atoms with Crippen LogP contribution in [0.25, 0.3) is 0 Å². The number of benzene rings is 1. The standard InChI is InChI=1S/C16H17ClN2O2S/c1-16(2,11-5-4-6-12(17)9-11)15(20)19-14-8-7-13(10-18-14)22(3)21/h4-10H,1-3H3,(H,18,19,20). The number of nitrogens with one attached hydrogen (secondary N) is 1. The molecule has 1 amide bonds. The molecule has 0 fully saturated rings. The van der Waals surface area contributed by atoms with Crippen LogP contribution in [-0.2, 0) is 21.0 Å². The molecule has 4 nitrogen and oxygen atoms in total. The van der Waals surface area contributed by atoms with Gasteiger partial charge in [0.15, 0.2) is 0 Å². The molecule has 0 saturated heterocycles. The average Bonchev–Trinajstić information content (AvgIpc) is 2.47. The van der Waals surface area contributed by atoms with Crippen LogP contribution in [0, 0.1) is 0 Å².